The van der Waals surface area contributed by atoms with Crippen LogP contribution >= 0.6 is 0 Å². The molecule has 0 radical (unpaired) electrons. The zero-order valence-electron chi connectivity index (χ0n) is 11.0. The van der Waals surface area contributed by atoms with Crippen molar-refractivity contribution in [3.63, 3.8) is 0 Å². The number of rotatable bonds is 2. The molecule has 98 valence electrons. The second-order valence-electron chi connectivity index (χ2n) is 6.63. The predicted molar refractivity (Wildman–Crippen MR) is 70.3 cm³/mol. The average Bonchev–Trinajstić information content (AvgIpc) is 2.99. The van der Waals surface area contributed by atoms with E-state index in [1.54, 1.807) is 0 Å². The van der Waals surface area contributed by atoms with Gasteiger partial charge in [0.1, 0.15) is 0 Å². The van der Waals surface area contributed by atoms with Crippen LogP contribution in [0.5, 0.6) is 0 Å². The van der Waals surface area contributed by atoms with Crippen LogP contribution < -0.4 is 5.32 Å². The number of hydrogen-bond donors (Lipinski definition) is 1. The lowest BCUT2D eigenvalue weighted by Crippen LogP contribution is -2.46. The predicted octanol–water partition coefficient (Wildman–Crippen LogP) is 1.34. The van der Waals surface area contributed by atoms with E-state index in [9.17, 15) is 4.79 Å². The first-order chi connectivity index (χ1) is 8.74. The Labute approximate surface area is 109 Å². The first-order valence-corrected chi connectivity index (χ1v) is 7.43. The number of likely N-dealkylation sites (tertiary alicyclic amines) is 1. The monoisotopic (exact) mass is 246 g/mol. The fourth-order valence-electron chi connectivity index (χ4n) is 4.61. The summed E-state index contributed by atoms with van der Waals surface area (Å²) in [7, 11) is 2.26. The minimum absolute atomic E-state index is 0.337. The molecule has 5 atom stereocenters. The third-order valence-electron chi connectivity index (χ3n) is 5.53. The van der Waals surface area contributed by atoms with Gasteiger partial charge in [0, 0.05) is 30.6 Å². The highest BCUT2D eigenvalue weighted by Crippen LogP contribution is 2.48. The highest BCUT2D eigenvalue weighted by Gasteiger charge is 2.53. The van der Waals surface area contributed by atoms with Crippen molar-refractivity contribution in [2.45, 2.75) is 56.3 Å². The topological polar surface area (TPSA) is 32.3 Å². The number of carbonyl (C=O) groups excluding carboxylic acids is 1. The van der Waals surface area contributed by atoms with Crippen LogP contribution in [0.1, 0.15) is 32.1 Å². The summed E-state index contributed by atoms with van der Waals surface area (Å²) in [6.07, 6.45) is 10.1. The number of likely N-dealkylation sites (N-methyl/N-ethyl adjacent to an activating group) is 1. The van der Waals surface area contributed by atoms with E-state index in [0.29, 0.717) is 29.8 Å². The molecule has 0 aromatic heterocycles. The Balaban J connectivity index is 1.57. The van der Waals surface area contributed by atoms with Crippen LogP contribution in [0.2, 0.25) is 0 Å². The van der Waals surface area contributed by atoms with Crippen LogP contribution in [0.3, 0.4) is 0 Å². The highest BCUT2D eigenvalue weighted by atomic mass is 16.1. The quantitative estimate of drug-likeness (QED) is 0.798. The van der Waals surface area contributed by atoms with Gasteiger partial charge in [-0.05, 0) is 50.6 Å². The van der Waals surface area contributed by atoms with Gasteiger partial charge in [-0.3, -0.25) is 9.69 Å². The molecule has 3 aliphatic carbocycles. The largest absolute Gasteiger partial charge is 0.310 e. The smallest absolute Gasteiger partial charge is 0.155 e. The van der Waals surface area contributed by atoms with E-state index in [4.69, 9.17) is 0 Å². The number of nitrogens with one attached hydrogen (secondary N) is 1. The molecular weight excluding hydrogens is 224 g/mol. The Bertz CT molecular complexity index is 401. The molecule has 3 fully saturated rings. The zero-order valence-corrected chi connectivity index (χ0v) is 11.0. The standard InChI is InChI=1S/C15H22N2O/c1-17-14-7-4-10(18)8-12(14)11-5-6-13(15(11)17)16-9-2-3-9/h4,7,9,11-16H,2-3,5-6,8H2,1H3. The van der Waals surface area contributed by atoms with E-state index in [1.165, 1.54) is 25.7 Å². The molecule has 1 N–H and O–H groups in total. The molecule has 3 nitrogen and oxygen atoms in total. The Morgan fingerprint density at radius 3 is 2.83 bits per heavy atom. The summed E-state index contributed by atoms with van der Waals surface area (Å²) in [4.78, 5) is 14.2. The minimum atomic E-state index is 0.337. The molecule has 5 unspecified atom stereocenters. The van der Waals surface area contributed by atoms with Crippen molar-refractivity contribution in [1.82, 2.24) is 10.2 Å². The van der Waals surface area contributed by atoms with E-state index in [1.807, 2.05) is 6.08 Å². The van der Waals surface area contributed by atoms with Crippen LogP contribution in [0.4, 0.5) is 0 Å². The summed E-state index contributed by atoms with van der Waals surface area (Å²) in [6, 6.07) is 2.64. The molecule has 0 aromatic carbocycles. The van der Waals surface area contributed by atoms with Gasteiger partial charge >= 0.3 is 0 Å². The van der Waals surface area contributed by atoms with Crippen molar-refractivity contribution in [3.8, 4) is 0 Å². The van der Waals surface area contributed by atoms with Gasteiger partial charge in [0.15, 0.2) is 5.78 Å². The molecule has 0 spiro atoms. The van der Waals surface area contributed by atoms with Crippen molar-refractivity contribution in [2.75, 3.05) is 7.05 Å². The summed E-state index contributed by atoms with van der Waals surface area (Å²) in [5.41, 5.74) is 0. The highest BCUT2D eigenvalue weighted by molar-refractivity contribution is 5.91. The lowest BCUT2D eigenvalue weighted by atomic mass is 9.81. The van der Waals surface area contributed by atoms with Gasteiger partial charge in [0.05, 0.1) is 0 Å². The van der Waals surface area contributed by atoms with E-state index in [0.717, 1.165) is 18.4 Å². The zero-order chi connectivity index (χ0) is 12.3. The van der Waals surface area contributed by atoms with Crippen molar-refractivity contribution >= 4 is 5.78 Å². The van der Waals surface area contributed by atoms with E-state index in [-0.39, 0.29) is 0 Å². The first kappa shape index (κ1) is 11.2. The average molecular weight is 246 g/mol. The number of carbonyl (C=O) groups is 1. The van der Waals surface area contributed by atoms with Gasteiger partial charge in [-0.15, -0.1) is 0 Å². The summed E-state index contributed by atoms with van der Waals surface area (Å²) in [5.74, 6) is 1.66. The Hall–Kier alpha value is -0.670. The van der Waals surface area contributed by atoms with Gasteiger partial charge in [-0.1, -0.05) is 6.08 Å². The maximum Gasteiger partial charge on any atom is 0.155 e. The number of nitrogens with zero attached hydrogens (tertiary/aromatic N) is 1. The maximum absolute atomic E-state index is 11.6. The SMILES string of the molecule is CN1C2C=CC(=O)CC2C2CCC(NC3CC3)C21. The molecule has 4 aliphatic rings. The molecule has 1 heterocycles. The van der Waals surface area contributed by atoms with Crippen LogP contribution in [0.15, 0.2) is 12.2 Å². The number of hydrogen-bond acceptors (Lipinski definition) is 3. The molecule has 4 rings (SSSR count). The molecule has 3 heteroatoms. The second kappa shape index (κ2) is 3.91. The second-order valence-corrected chi connectivity index (χ2v) is 6.63. The summed E-state index contributed by atoms with van der Waals surface area (Å²) in [6.45, 7) is 0. The Morgan fingerprint density at radius 1 is 1.22 bits per heavy atom. The van der Waals surface area contributed by atoms with Crippen LogP contribution in [-0.4, -0.2) is 41.9 Å². The van der Waals surface area contributed by atoms with Crippen molar-refractivity contribution in [2.24, 2.45) is 11.8 Å². The van der Waals surface area contributed by atoms with Gasteiger partial charge < -0.3 is 5.32 Å². The Morgan fingerprint density at radius 2 is 2.06 bits per heavy atom. The lowest BCUT2D eigenvalue weighted by Gasteiger charge is -2.30. The fourth-order valence-corrected chi connectivity index (χ4v) is 4.61. The minimum Gasteiger partial charge on any atom is -0.310 e. The van der Waals surface area contributed by atoms with Crippen LogP contribution in [-0.2, 0) is 4.79 Å². The summed E-state index contributed by atoms with van der Waals surface area (Å²) < 4.78 is 0. The summed E-state index contributed by atoms with van der Waals surface area (Å²) in [5, 5.41) is 3.82. The van der Waals surface area contributed by atoms with Crippen molar-refractivity contribution < 1.29 is 4.79 Å². The summed E-state index contributed by atoms with van der Waals surface area (Å²) >= 11 is 0. The molecule has 18 heavy (non-hydrogen) atoms. The van der Waals surface area contributed by atoms with Gasteiger partial charge in [0.25, 0.3) is 0 Å². The lowest BCUT2D eigenvalue weighted by molar-refractivity contribution is -0.116. The van der Waals surface area contributed by atoms with Gasteiger partial charge in [0.2, 0.25) is 0 Å². The molecular formula is C15H22N2O. The van der Waals surface area contributed by atoms with E-state index < -0.39 is 0 Å². The molecule has 0 bridgehead atoms. The number of allylic oxidation sites excluding steroid dienone is 1. The maximum atomic E-state index is 11.6. The normalized spacial score (nSPS) is 47.4. The molecule has 0 amide bonds. The van der Waals surface area contributed by atoms with Crippen molar-refractivity contribution in [3.05, 3.63) is 12.2 Å². The Kier molecular flexibility index (Phi) is 2.43. The van der Waals surface area contributed by atoms with E-state index >= 15 is 0 Å². The van der Waals surface area contributed by atoms with Crippen LogP contribution in [0.25, 0.3) is 0 Å². The number of ketones is 1. The molecule has 1 aliphatic heterocycles. The van der Waals surface area contributed by atoms with Crippen LogP contribution in [0, 0.1) is 11.8 Å². The molecule has 1 saturated heterocycles. The first-order valence-electron chi connectivity index (χ1n) is 7.43. The third kappa shape index (κ3) is 1.60. The molecule has 0 aromatic rings. The van der Waals surface area contributed by atoms with Crippen molar-refractivity contribution in [1.29, 1.82) is 0 Å². The fraction of sp³-hybridized carbons (Fsp3) is 0.800. The molecule has 2 saturated carbocycles. The van der Waals surface area contributed by atoms with E-state index in [2.05, 4.69) is 23.3 Å². The van der Waals surface area contributed by atoms with Gasteiger partial charge in [-0.25, -0.2) is 0 Å². The van der Waals surface area contributed by atoms with Gasteiger partial charge in [-0.2, -0.15) is 0 Å². The third-order valence-corrected chi connectivity index (χ3v) is 5.53. The number of fused-ring (bicyclic) bond motifs is 3.